The second kappa shape index (κ2) is 8.76. The van der Waals surface area contributed by atoms with Crippen LogP contribution in [0.3, 0.4) is 0 Å². The van der Waals surface area contributed by atoms with Gasteiger partial charge in [0.1, 0.15) is 29.4 Å². The lowest BCUT2D eigenvalue weighted by atomic mass is 9.90. The number of aromatic nitrogens is 4. The van der Waals surface area contributed by atoms with Crippen molar-refractivity contribution in [2.24, 2.45) is 0 Å². The van der Waals surface area contributed by atoms with E-state index in [1.54, 1.807) is 23.0 Å². The van der Waals surface area contributed by atoms with Gasteiger partial charge in [0.25, 0.3) is 0 Å². The number of rotatable bonds is 6. The summed E-state index contributed by atoms with van der Waals surface area (Å²) in [7, 11) is 1.64. The highest BCUT2D eigenvalue weighted by atomic mass is 32.1. The van der Waals surface area contributed by atoms with E-state index in [4.69, 9.17) is 18.9 Å². The van der Waals surface area contributed by atoms with Crippen molar-refractivity contribution < 1.29 is 13.9 Å². The van der Waals surface area contributed by atoms with Crippen molar-refractivity contribution >= 4 is 28.0 Å². The molecule has 1 aromatic carbocycles. The van der Waals surface area contributed by atoms with E-state index in [0.717, 1.165) is 28.1 Å². The summed E-state index contributed by atoms with van der Waals surface area (Å²) in [5.74, 6) is 2.65. The van der Waals surface area contributed by atoms with E-state index in [0.29, 0.717) is 35.4 Å². The number of hydrogen-bond donors (Lipinski definition) is 0. The molecular weight excluding hydrogens is 448 g/mol. The highest BCUT2D eigenvalue weighted by Crippen LogP contribution is 2.38. The molecule has 1 saturated carbocycles. The Labute approximate surface area is 201 Å². The van der Waals surface area contributed by atoms with Gasteiger partial charge < -0.3 is 13.9 Å². The third-order valence-electron chi connectivity index (χ3n) is 6.41. The number of thiazole rings is 1. The predicted molar refractivity (Wildman–Crippen MR) is 132 cm³/mol. The van der Waals surface area contributed by atoms with E-state index >= 15 is 0 Å². The molecule has 174 valence electrons. The standard InChI is InChI=1S/C26H26N4O3S/c1-16-8-9-25-28-21(13-30(25)29-16)24-12-20-22(10-19(31-2)11-23(20)33-24)32-14-18-15-34-26(27-18)17-6-4-3-5-7-17/h8-13,15,17H,3-7,14H2,1-2H3. The molecule has 4 heterocycles. The molecule has 0 aliphatic heterocycles. The first-order valence-electron chi connectivity index (χ1n) is 11.7. The van der Waals surface area contributed by atoms with Gasteiger partial charge in [-0.3, -0.25) is 0 Å². The maximum Gasteiger partial charge on any atom is 0.155 e. The van der Waals surface area contributed by atoms with Crippen molar-refractivity contribution in [3.8, 4) is 23.0 Å². The van der Waals surface area contributed by atoms with E-state index in [1.807, 2.05) is 43.5 Å². The topological polar surface area (TPSA) is 74.7 Å². The largest absolute Gasteiger partial charge is 0.496 e. The maximum absolute atomic E-state index is 6.24. The average Bonchev–Trinajstić information content (AvgIpc) is 3.60. The van der Waals surface area contributed by atoms with Gasteiger partial charge in [-0.2, -0.15) is 5.10 Å². The van der Waals surface area contributed by atoms with Crippen LogP contribution in [-0.2, 0) is 6.61 Å². The molecule has 0 unspecified atom stereocenters. The lowest BCUT2D eigenvalue weighted by molar-refractivity contribution is 0.302. The fourth-order valence-corrected chi connectivity index (χ4v) is 5.60. The van der Waals surface area contributed by atoms with Crippen LogP contribution in [0.5, 0.6) is 11.5 Å². The zero-order valence-electron chi connectivity index (χ0n) is 19.3. The smallest absolute Gasteiger partial charge is 0.155 e. The van der Waals surface area contributed by atoms with Crippen LogP contribution in [0.1, 0.15) is 54.4 Å². The van der Waals surface area contributed by atoms with Crippen LogP contribution in [0, 0.1) is 6.92 Å². The second-order valence-electron chi connectivity index (χ2n) is 8.85. The minimum absolute atomic E-state index is 0.406. The molecule has 0 spiro atoms. The molecule has 1 fully saturated rings. The molecule has 7 nitrogen and oxygen atoms in total. The summed E-state index contributed by atoms with van der Waals surface area (Å²) in [5, 5.41) is 8.72. The van der Waals surface area contributed by atoms with Crippen LogP contribution >= 0.6 is 11.3 Å². The number of ether oxygens (including phenoxy) is 2. The number of aryl methyl sites for hydroxylation is 1. The van der Waals surface area contributed by atoms with Crippen LogP contribution in [0.2, 0.25) is 0 Å². The summed E-state index contributed by atoms with van der Waals surface area (Å²) in [6.45, 7) is 2.36. The summed E-state index contributed by atoms with van der Waals surface area (Å²) in [4.78, 5) is 9.53. The molecule has 5 aromatic rings. The number of methoxy groups -OCH3 is 1. The highest BCUT2D eigenvalue weighted by Gasteiger charge is 2.20. The number of benzene rings is 1. The Bertz CT molecular complexity index is 1460. The van der Waals surface area contributed by atoms with Gasteiger partial charge in [-0.05, 0) is 38.0 Å². The third-order valence-corrected chi connectivity index (χ3v) is 7.47. The molecule has 0 bridgehead atoms. The zero-order chi connectivity index (χ0) is 23.1. The number of nitrogens with zero attached hydrogens (tertiary/aromatic N) is 4. The molecule has 6 rings (SSSR count). The molecule has 0 N–H and O–H groups in total. The number of fused-ring (bicyclic) bond motifs is 2. The Hall–Kier alpha value is -3.39. The van der Waals surface area contributed by atoms with E-state index in [-0.39, 0.29) is 0 Å². The van der Waals surface area contributed by atoms with Crippen LogP contribution in [-0.4, -0.2) is 26.7 Å². The van der Waals surface area contributed by atoms with Crippen molar-refractivity contribution in [3.63, 3.8) is 0 Å². The second-order valence-corrected chi connectivity index (χ2v) is 9.74. The summed E-state index contributed by atoms with van der Waals surface area (Å²) < 4.78 is 19.7. The van der Waals surface area contributed by atoms with Gasteiger partial charge in [0.05, 0.1) is 35.1 Å². The molecule has 0 radical (unpaired) electrons. The maximum atomic E-state index is 6.24. The lowest BCUT2D eigenvalue weighted by Gasteiger charge is -2.18. The van der Waals surface area contributed by atoms with Gasteiger partial charge in [-0.1, -0.05) is 19.3 Å². The average molecular weight is 475 g/mol. The number of imidazole rings is 1. The Morgan fingerprint density at radius 1 is 1.12 bits per heavy atom. The van der Waals surface area contributed by atoms with Crippen molar-refractivity contribution in [3.05, 3.63) is 58.3 Å². The molecule has 4 aromatic heterocycles. The Morgan fingerprint density at radius 2 is 2.00 bits per heavy atom. The Kier molecular flexibility index (Phi) is 5.45. The minimum Gasteiger partial charge on any atom is -0.496 e. The van der Waals surface area contributed by atoms with Gasteiger partial charge in [-0.15, -0.1) is 11.3 Å². The first-order chi connectivity index (χ1) is 16.7. The van der Waals surface area contributed by atoms with Crippen molar-refractivity contribution in [1.29, 1.82) is 0 Å². The van der Waals surface area contributed by atoms with Crippen molar-refractivity contribution in [1.82, 2.24) is 19.6 Å². The number of furan rings is 1. The molecule has 8 heteroatoms. The van der Waals surface area contributed by atoms with Crippen LogP contribution in [0.15, 0.2) is 46.3 Å². The lowest BCUT2D eigenvalue weighted by Crippen LogP contribution is -2.04. The highest BCUT2D eigenvalue weighted by molar-refractivity contribution is 7.09. The van der Waals surface area contributed by atoms with Crippen LogP contribution < -0.4 is 9.47 Å². The molecule has 34 heavy (non-hydrogen) atoms. The quantitative estimate of drug-likeness (QED) is 0.278. The van der Waals surface area contributed by atoms with E-state index < -0.39 is 0 Å². The van der Waals surface area contributed by atoms with Crippen molar-refractivity contribution in [2.45, 2.75) is 51.6 Å². The van der Waals surface area contributed by atoms with E-state index in [1.165, 1.54) is 37.1 Å². The Balaban J connectivity index is 1.29. The fourth-order valence-electron chi connectivity index (χ4n) is 4.62. The van der Waals surface area contributed by atoms with Gasteiger partial charge in [0.2, 0.25) is 0 Å². The summed E-state index contributed by atoms with van der Waals surface area (Å²) >= 11 is 1.76. The first-order valence-corrected chi connectivity index (χ1v) is 12.6. The molecule has 0 amide bonds. The first kappa shape index (κ1) is 21.2. The minimum atomic E-state index is 0.406. The van der Waals surface area contributed by atoms with Gasteiger partial charge in [-0.25, -0.2) is 14.5 Å². The zero-order valence-corrected chi connectivity index (χ0v) is 20.1. The summed E-state index contributed by atoms with van der Waals surface area (Å²) in [6, 6.07) is 9.62. The van der Waals surface area contributed by atoms with Gasteiger partial charge in [0, 0.05) is 23.4 Å². The molecular formula is C26H26N4O3S. The van der Waals surface area contributed by atoms with E-state index in [2.05, 4.69) is 15.5 Å². The van der Waals surface area contributed by atoms with Crippen LogP contribution in [0.25, 0.3) is 28.1 Å². The van der Waals surface area contributed by atoms with Gasteiger partial charge in [0.15, 0.2) is 11.4 Å². The predicted octanol–water partition coefficient (Wildman–Crippen LogP) is 6.54. The normalized spacial score (nSPS) is 14.8. The third kappa shape index (κ3) is 4.03. The summed E-state index contributed by atoms with van der Waals surface area (Å²) in [6.07, 6.45) is 8.34. The molecule has 1 aliphatic rings. The van der Waals surface area contributed by atoms with Crippen LogP contribution in [0.4, 0.5) is 0 Å². The summed E-state index contributed by atoms with van der Waals surface area (Å²) in [5.41, 5.74) is 4.07. The molecule has 0 atom stereocenters. The molecule has 0 saturated heterocycles. The Morgan fingerprint density at radius 3 is 2.85 bits per heavy atom. The molecule has 1 aliphatic carbocycles. The van der Waals surface area contributed by atoms with Crippen molar-refractivity contribution in [2.75, 3.05) is 7.11 Å². The number of hydrogen-bond acceptors (Lipinski definition) is 7. The van der Waals surface area contributed by atoms with E-state index in [9.17, 15) is 0 Å². The SMILES string of the molecule is COc1cc(OCc2csc(C3CCCCC3)n2)c2cc(-c3cn4nc(C)ccc4n3)oc2c1. The fraction of sp³-hybridized carbons (Fsp3) is 0.346. The van der Waals surface area contributed by atoms with Gasteiger partial charge >= 0.3 is 0 Å². The monoisotopic (exact) mass is 474 g/mol.